The van der Waals surface area contributed by atoms with E-state index in [2.05, 4.69) is 5.32 Å². The number of hydrogen-bond acceptors (Lipinski definition) is 6. The molecule has 37 heavy (non-hydrogen) atoms. The van der Waals surface area contributed by atoms with Crippen LogP contribution in [0.3, 0.4) is 0 Å². The fourth-order valence-corrected chi connectivity index (χ4v) is 6.12. The molecule has 2 N–H and O–H groups in total. The molecule has 2 aromatic carbocycles. The van der Waals surface area contributed by atoms with Gasteiger partial charge < -0.3 is 20.1 Å². The first-order valence-electron chi connectivity index (χ1n) is 13.2. The molecule has 2 aliphatic heterocycles. The summed E-state index contributed by atoms with van der Waals surface area (Å²) in [5.74, 6) is -0.260. The molecule has 4 aliphatic rings. The van der Waals surface area contributed by atoms with E-state index < -0.39 is 17.6 Å². The number of benzene rings is 2. The lowest BCUT2D eigenvalue weighted by Crippen LogP contribution is -2.59. The normalized spacial score (nSPS) is 24.5. The van der Waals surface area contributed by atoms with E-state index in [-0.39, 0.29) is 30.5 Å². The number of fused-ring (bicyclic) bond motifs is 2. The van der Waals surface area contributed by atoms with E-state index in [4.69, 9.17) is 4.74 Å². The van der Waals surface area contributed by atoms with E-state index in [1.165, 1.54) is 0 Å². The van der Waals surface area contributed by atoms with E-state index in [0.717, 1.165) is 34.4 Å². The minimum atomic E-state index is -1.37. The number of hydrogen-bond donors (Lipinski definition) is 2. The third-order valence-electron chi connectivity index (χ3n) is 8.81. The first-order valence-corrected chi connectivity index (χ1v) is 13.2. The molecule has 3 amide bonds. The molecule has 0 radical (unpaired) electrons. The molecule has 2 aliphatic carbocycles. The molecule has 1 saturated carbocycles. The molecule has 6 rings (SSSR count). The molecule has 0 aromatic heterocycles. The van der Waals surface area contributed by atoms with Crippen molar-refractivity contribution in [2.75, 3.05) is 26.2 Å². The highest BCUT2D eigenvalue weighted by Gasteiger charge is 2.58. The number of aryl methyl sites for hydroxylation is 1. The van der Waals surface area contributed by atoms with Gasteiger partial charge in [0, 0.05) is 43.1 Å². The number of nitrogens with one attached hydrogen (secondary N) is 1. The first-order chi connectivity index (χ1) is 17.9. The van der Waals surface area contributed by atoms with Crippen LogP contribution < -0.4 is 5.32 Å². The van der Waals surface area contributed by atoms with Gasteiger partial charge in [0.25, 0.3) is 5.91 Å². The number of aliphatic hydroxyl groups excluding tert-OH is 1. The fourth-order valence-electron chi connectivity index (χ4n) is 6.12. The van der Waals surface area contributed by atoms with Crippen molar-refractivity contribution in [1.82, 2.24) is 15.1 Å². The quantitative estimate of drug-likeness (QED) is 0.574. The zero-order chi connectivity index (χ0) is 25.8. The van der Waals surface area contributed by atoms with E-state index in [9.17, 15) is 19.5 Å². The Morgan fingerprint density at radius 1 is 1.19 bits per heavy atom. The molecule has 0 bridgehead atoms. The molecule has 1 spiro atoms. The highest BCUT2D eigenvalue weighted by Crippen LogP contribution is 2.46. The van der Waals surface area contributed by atoms with Gasteiger partial charge in [-0.05, 0) is 48.8 Å². The predicted octanol–water partition coefficient (Wildman–Crippen LogP) is 2.47. The fraction of sp³-hybridized carbons (Fsp3) is 0.483. The zero-order valence-corrected chi connectivity index (χ0v) is 21.1. The summed E-state index contributed by atoms with van der Waals surface area (Å²) in [4.78, 5) is 43.0. The van der Waals surface area contributed by atoms with Crippen LogP contribution in [0.5, 0.6) is 0 Å². The molecular weight excluding hydrogens is 470 g/mol. The molecule has 3 fully saturated rings. The third kappa shape index (κ3) is 3.94. The number of carbonyl (C=O) groups excluding carboxylic acids is 3. The van der Waals surface area contributed by atoms with Gasteiger partial charge in [0.15, 0.2) is 0 Å². The first kappa shape index (κ1) is 24.1. The van der Waals surface area contributed by atoms with Crippen molar-refractivity contribution in [3.05, 3.63) is 70.8 Å². The van der Waals surface area contributed by atoms with Crippen LogP contribution in [0, 0.1) is 5.92 Å². The van der Waals surface area contributed by atoms with Crippen LogP contribution >= 0.6 is 0 Å². The highest BCUT2D eigenvalue weighted by molar-refractivity contribution is 6.06. The van der Waals surface area contributed by atoms with Crippen LogP contribution in [0.15, 0.2) is 48.5 Å². The number of nitrogens with zero attached hydrogens (tertiary/aromatic N) is 2. The minimum Gasteiger partial charge on any atom is -0.427 e. The van der Waals surface area contributed by atoms with Gasteiger partial charge >= 0.3 is 6.09 Å². The summed E-state index contributed by atoms with van der Waals surface area (Å²) in [6.45, 7) is 3.62. The summed E-state index contributed by atoms with van der Waals surface area (Å²) in [7, 11) is 0. The molecular formula is C29H33N3O5. The SMILES string of the molecule is C[C@@H](C1CC1)N(Cc1ccccc1)C(=O)CN1C(=O)OC2(CCc3cc(C4(CO)CNC4)ccc32)C1=O. The Bertz CT molecular complexity index is 1230. The predicted molar refractivity (Wildman–Crippen MR) is 135 cm³/mol. The highest BCUT2D eigenvalue weighted by atomic mass is 16.6. The average molecular weight is 504 g/mol. The van der Waals surface area contributed by atoms with Crippen molar-refractivity contribution >= 4 is 17.9 Å². The van der Waals surface area contributed by atoms with Crippen molar-refractivity contribution in [3.8, 4) is 0 Å². The van der Waals surface area contributed by atoms with Gasteiger partial charge in [0.1, 0.15) is 6.54 Å². The Morgan fingerprint density at radius 2 is 1.95 bits per heavy atom. The number of amides is 3. The van der Waals surface area contributed by atoms with Gasteiger partial charge in [0.05, 0.1) is 6.61 Å². The van der Waals surface area contributed by atoms with Crippen LogP contribution in [-0.2, 0) is 38.3 Å². The topological polar surface area (TPSA) is 99.2 Å². The molecule has 2 atom stereocenters. The molecule has 2 saturated heterocycles. The zero-order valence-electron chi connectivity index (χ0n) is 21.1. The van der Waals surface area contributed by atoms with Crippen LogP contribution in [0.25, 0.3) is 0 Å². The number of carbonyl (C=O) groups is 3. The lowest BCUT2D eigenvalue weighted by atomic mass is 9.75. The monoisotopic (exact) mass is 503 g/mol. The Morgan fingerprint density at radius 3 is 2.59 bits per heavy atom. The van der Waals surface area contributed by atoms with Crippen molar-refractivity contribution in [2.24, 2.45) is 5.92 Å². The summed E-state index contributed by atoms with van der Waals surface area (Å²) in [5.41, 5.74) is 2.01. The molecule has 2 aromatic rings. The summed E-state index contributed by atoms with van der Waals surface area (Å²) in [6.07, 6.45) is 2.36. The van der Waals surface area contributed by atoms with Crippen LogP contribution in [0.1, 0.15) is 48.4 Å². The molecule has 2 heterocycles. The molecule has 8 nitrogen and oxygen atoms in total. The van der Waals surface area contributed by atoms with Crippen LogP contribution in [0.4, 0.5) is 4.79 Å². The number of rotatable bonds is 8. The standard InChI is InChI=1S/C29H33N3O5/c1-19(21-7-8-21)31(14-20-5-3-2-4-6-20)25(34)15-32-26(35)29(37-27(32)36)12-11-22-13-23(9-10-24(22)29)28(18-33)16-30-17-28/h2-6,9-10,13,19,21,30,33H,7-8,11-12,14-18H2,1H3/t19-,29?/m0/s1. The number of aliphatic hydroxyl groups is 1. The van der Waals surface area contributed by atoms with E-state index in [1.54, 1.807) is 4.90 Å². The van der Waals surface area contributed by atoms with Gasteiger partial charge in [-0.25, -0.2) is 9.69 Å². The second-order valence-electron chi connectivity index (χ2n) is 11.1. The second kappa shape index (κ2) is 8.96. The third-order valence-corrected chi connectivity index (χ3v) is 8.81. The van der Waals surface area contributed by atoms with Crippen LogP contribution in [0.2, 0.25) is 0 Å². The van der Waals surface area contributed by atoms with Gasteiger partial charge in [-0.15, -0.1) is 0 Å². The summed E-state index contributed by atoms with van der Waals surface area (Å²) < 4.78 is 5.78. The Kier molecular flexibility index (Phi) is 5.84. The largest absolute Gasteiger partial charge is 0.427 e. The average Bonchev–Trinajstić information content (AvgIpc) is 3.63. The van der Waals surface area contributed by atoms with E-state index in [0.29, 0.717) is 44.0 Å². The summed E-state index contributed by atoms with van der Waals surface area (Å²) in [5, 5.41) is 13.2. The van der Waals surface area contributed by atoms with Gasteiger partial charge in [-0.1, -0.05) is 48.5 Å². The van der Waals surface area contributed by atoms with Crippen molar-refractivity contribution in [3.63, 3.8) is 0 Å². The maximum Gasteiger partial charge on any atom is 0.418 e. The number of imide groups is 1. The summed E-state index contributed by atoms with van der Waals surface area (Å²) in [6, 6.07) is 15.6. The molecule has 194 valence electrons. The Balaban J connectivity index is 1.23. The maximum atomic E-state index is 13.7. The lowest BCUT2D eigenvalue weighted by Gasteiger charge is -2.42. The van der Waals surface area contributed by atoms with Crippen molar-refractivity contribution in [1.29, 1.82) is 0 Å². The van der Waals surface area contributed by atoms with Gasteiger partial charge in [-0.2, -0.15) is 0 Å². The smallest absolute Gasteiger partial charge is 0.418 e. The summed E-state index contributed by atoms with van der Waals surface area (Å²) >= 11 is 0. The number of ether oxygens (including phenoxy) is 1. The maximum absolute atomic E-state index is 13.7. The van der Waals surface area contributed by atoms with Gasteiger partial charge in [0.2, 0.25) is 11.5 Å². The Hall–Kier alpha value is -3.23. The van der Waals surface area contributed by atoms with Crippen molar-refractivity contribution < 1.29 is 24.2 Å². The Labute approximate surface area is 216 Å². The van der Waals surface area contributed by atoms with Crippen LogP contribution in [-0.4, -0.2) is 65.1 Å². The van der Waals surface area contributed by atoms with E-state index >= 15 is 0 Å². The molecule has 8 heteroatoms. The van der Waals surface area contributed by atoms with E-state index in [1.807, 2.05) is 55.5 Å². The minimum absolute atomic E-state index is 0.0286. The van der Waals surface area contributed by atoms with Gasteiger partial charge in [-0.3, -0.25) is 9.59 Å². The lowest BCUT2D eigenvalue weighted by molar-refractivity contribution is -0.143. The second-order valence-corrected chi connectivity index (χ2v) is 11.1. The van der Waals surface area contributed by atoms with Crippen molar-refractivity contribution in [2.45, 2.75) is 56.2 Å². The molecule has 1 unspecified atom stereocenters.